The van der Waals surface area contributed by atoms with E-state index in [0.717, 1.165) is 56.2 Å². The summed E-state index contributed by atoms with van der Waals surface area (Å²) in [5.74, 6) is 0.692. The van der Waals surface area contributed by atoms with E-state index in [1.807, 2.05) is 24.3 Å². The number of nitrogens with zero attached hydrogens (tertiary/aromatic N) is 1. The number of rotatable bonds is 10. The number of guanidine groups is 1. The number of hydrogen-bond donors (Lipinski definition) is 2. The van der Waals surface area contributed by atoms with Gasteiger partial charge < -0.3 is 15.4 Å². The topological polar surface area (TPSA) is 62.7 Å². The van der Waals surface area contributed by atoms with E-state index in [-0.39, 0.29) is 5.97 Å². The second kappa shape index (κ2) is 12.6. The molecule has 1 aromatic rings. The second-order valence-corrected chi connectivity index (χ2v) is 5.98. The van der Waals surface area contributed by atoms with Crippen LogP contribution in [0.2, 0.25) is 5.02 Å². The molecule has 1 aromatic carbocycles. The molecule has 134 valence electrons. The standard InChI is InChI=1S/C18H28ClN3O2/c1-20-18(21-13-6-4-3-5-7-17(23)24-2)22-14-12-15-8-10-16(19)11-9-15/h8-11H,3-7,12-14H2,1-2H3,(H2,20,21,22). The van der Waals surface area contributed by atoms with Gasteiger partial charge in [-0.3, -0.25) is 9.79 Å². The minimum atomic E-state index is -0.126. The normalized spacial score (nSPS) is 11.2. The van der Waals surface area contributed by atoms with E-state index in [9.17, 15) is 4.79 Å². The first-order valence-corrected chi connectivity index (χ1v) is 8.79. The molecule has 0 amide bonds. The molecule has 0 saturated carbocycles. The van der Waals surface area contributed by atoms with E-state index in [0.29, 0.717) is 6.42 Å². The molecule has 0 radical (unpaired) electrons. The summed E-state index contributed by atoms with van der Waals surface area (Å²) in [7, 11) is 3.20. The molecule has 0 unspecified atom stereocenters. The van der Waals surface area contributed by atoms with Crippen molar-refractivity contribution in [1.29, 1.82) is 0 Å². The Morgan fingerprint density at radius 1 is 1.08 bits per heavy atom. The van der Waals surface area contributed by atoms with E-state index in [2.05, 4.69) is 20.4 Å². The van der Waals surface area contributed by atoms with Crippen LogP contribution in [0.4, 0.5) is 0 Å². The number of esters is 1. The molecule has 0 heterocycles. The van der Waals surface area contributed by atoms with Crippen LogP contribution >= 0.6 is 11.6 Å². The largest absolute Gasteiger partial charge is 0.469 e. The van der Waals surface area contributed by atoms with Crippen molar-refractivity contribution >= 4 is 23.5 Å². The summed E-state index contributed by atoms with van der Waals surface area (Å²) in [5.41, 5.74) is 1.24. The number of carbonyl (C=O) groups excluding carboxylic acids is 1. The van der Waals surface area contributed by atoms with Gasteiger partial charge in [0.15, 0.2) is 5.96 Å². The zero-order valence-corrected chi connectivity index (χ0v) is 15.4. The van der Waals surface area contributed by atoms with Crippen LogP contribution in [-0.4, -0.2) is 39.2 Å². The van der Waals surface area contributed by atoms with E-state index in [1.54, 1.807) is 7.05 Å². The van der Waals surface area contributed by atoms with Crippen LogP contribution in [0, 0.1) is 0 Å². The molecule has 6 heteroatoms. The first kappa shape index (κ1) is 20.3. The first-order valence-electron chi connectivity index (χ1n) is 8.41. The smallest absolute Gasteiger partial charge is 0.305 e. The molecule has 5 nitrogen and oxygen atoms in total. The van der Waals surface area contributed by atoms with Crippen LogP contribution in [0.1, 0.15) is 37.7 Å². The monoisotopic (exact) mass is 353 g/mol. The van der Waals surface area contributed by atoms with Crippen LogP contribution in [0.25, 0.3) is 0 Å². The summed E-state index contributed by atoms with van der Waals surface area (Å²) in [5, 5.41) is 7.36. The van der Waals surface area contributed by atoms with Gasteiger partial charge in [0.1, 0.15) is 0 Å². The number of unbranched alkanes of at least 4 members (excludes halogenated alkanes) is 3. The third-order valence-corrected chi connectivity index (χ3v) is 3.92. The van der Waals surface area contributed by atoms with E-state index >= 15 is 0 Å². The van der Waals surface area contributed by atoms with Gasteiger partial charge >= 0.3 is 5.97 Å². The Balaban J connectivity index is 2.06. The number of nitrogens with one attached hydrogen (secondary N) is 2. The van der Waals surface area contributed by atoms with Gasteiger partial charge in [-0.1, -0.05) is 36.6 Å². The van der Waals surface area contributed by atoms with Gasteiger partial charge in [-0.25, -0.2) is 0 Å². The fourth-order valence-electron chi connectivity index (χ4n) is 2.25. The van der Waals surface area contributed by atoms with E-state index < -0.39 is 0 Å². The van der Waals surface area contributed by atoms with Crippen LogP contribution in [0.15, 0.2) is 29.3 Å². The summed E-state index contributed by atoms with van der Waals surface area (Å²) in [6.45, 7) is 1.69. The molecule has 0 aliphatic heterocycles. The fraction of sp³-hybridized carbons (Fsp3) is 0.556. The number of ether oxygens (including phenoxy) is 1. The third-order valence-electron chi connectivity index (χ3n) is 3.67. The molecule has 0 spiro atoms. The van der Waals surface area contributed by atoms with Crippen molar-refractivity contribution in [3.8, 4) is 0 Å². The van der Waals surface area contributed by atoms with Crippen LogP contribution in [0.3, 0.4) is 0 Å². The Hall–Kier alpha value is -1.75. The molecule has 0 saturated heterocycles. The van der Waals surface area contributed by atoms with E-state index in [1.165, 1.54) is 12.7 Å². The number of hydrogen-bond acceptors (Lipinski definition) is 3. The zero-order valence-electron chi connectivity index (χ0n) is 14.6. The number of carbonyl (C=O) groups is 1. The van der Waals surface area contributed by atoms with Gasteiger partial charge in [-0.2, -0.15) is 0 Å². The maximum Gasteiger partial charge on any atom is 0.305 e. The van der Waals surface area contributed by atoms with Crippen molar-refractivity contribution in [3.63, 3.8) is 0 Å². The summed E-state index contributed by atoms with van der Waals surface area (Å²) < 4.78 is 4.62. The number of halogens is 1. The molecule has 0 bridgehead atoms. The number of benzene rings is 1. The Kier molecular flexibility index (Phi) is 10.7. The molecule has 0 aliphatic rings. The molecule has 2 N–H and O–H groups in total. The van der Waals surface area contributed by atoms with Gasteiger partial charge in [-0.05, 0) is 37.0 Å². The van der Waals surface area contributed by atoms with Gasteiger partial charge in [-0.15, -0.1) is 0 Å². The average molecular weight is 354 g/mol. The van der Waals surface area contributed by atoms with Crippen LogP contribution in [-0.2, 0) is 16.0 Å². The zero-order chi connectivity index (χ0) is 17.6. The molecule has 0 aromatic heterocycles. The minimum absolute atomic E-state index is 0.126. The van der Waals surface area contributed by atoms with Gasteiger partial charge in [0, 0.05) is 31.6 Å². The predicted octanol–water partition coefficient (Wildman–Crippen LogP) is 3.17. The maximum atomic E-state index is 11.0. The van der Waals surface area contributed by atoms with Crippen LogP contribution < -0.4 is 10.6 Å². The lowest BCUT2D eigenvalue weighted by molar-refractivity contribution is -0.140. The Labute approximate surface area is 149 Å². The lowest BCUT2D eigenvalue weighted by atomic mass is 10.1. The third kappa shape index (κ3) is 9.40. The Bertz CT molecular complexity index is 503. The van der Waals surface area contributed by atoms with Gasteiger partial charge in [0.2, 0.25) is 0 Å². The Morgan fingerprint density at radius 3 is 2.42 bits per heavy atom. The molecule has 24 heavy (non-hydrogen) atoms. The van der Waals surface area contributed by atoms with Crippen molar-refractivity contribution in [3.05, 3.63) is 34.9 Å². The van der Waals surface area contributed by atoms with E-state index in [4.69, 9.17) is 11.6 Å². The summed E-state index contributed by atoms with van der Waals surface area (Å²) in [4.78, 5) is 15.2. The second-order valence-electron chi connectivity index (χ2n) is 5.54. The highest BCUT2D eigenvalue weighted by Crippen LogP contribution is 2.09. The molecule has 1 rings (SSSR count). The predicted molar refractivity (Wildman–Crippen MR) is 99.6 cm³/mol. The van der Waals surface area contributed by atoms with Crippen molar-refractivity contribution < 1.29 is 9.53 Å². The quantitative estimate of drug-likeness (QED) is 0.293. The fourth-order valence-corrected chi connectivity index (χ4v) is 2.38. The highest BCUT2D eigenvalue weighted by molar-refractivity contribution is 6.30. The first-order chi connectivity index (χ1) is 11.7. The summed E-state index contributed by atoms with van der Waals surface area (Å²) in [6, 6.07) is 7.89. The molecular weight excluding hydrogens is 326 g/mol. The highest BCUT2D eigenvalue weighted by Gasteiger charge is 2.00. The lowest BCUT2D eigenvalue weighted by Gasteiger charge is -2.12. The SMILES string of the molecule is CN=C(NCCCCCCC(=O)OC)NCCc1ccc(Cl)cc1. The number of methoxy groups -OCH3 is 1. The molecular formula is C18H28ClN3O2. The average Bonchev–Trinajstić information content (AvgIpc) is 2.60. The Morgan fingerprint density at radius 2 is 1.75 bits per heavy atom. The molecule has 0 aliphatic carbocycles. The highest BCUT2D eigenvalue weighted by atomic mass is 35.5. The number of aliphatic imine (C=N–C) groups is 1. The van der Waals surface area contributed by atoms with Crippen LogP contribution in [0.5, 0.6) is 0 Å². The lowest BCUT2D eigenvalue weighted by Crippen LogP contribution is -2.38. The van der Waals surface area contributed by atoms with Crippen molar-refractivity contribution in [1.82, 2.24) is 10.6 Å². The minimum Gasteiger partial charge on any atom is -0.469 e. The maximum absolute atomic E-state index is 11.0. The van der Waals surface area contributed by atoms with Gasteiger partial charge in [0.05, 0.1) is 7.11 Å². The van der Waals surface area contributed by atoms with Crippen molar-refractivity contribution in [2.75, 3.05) is 27.2 Å². The summed E-state index contributed by atoms with van der Waals surface area (Å²) >= 11 is 5.88. The van der Waals surface area contributed by atoms with Crippen molar-refractivity contribution in [2.24, 2.45) is 4.99 Å². The summed E-state index contributed by atoms with van der Waals surface area (Å²) in [6.07, 6.45) is 5.51. The molecule has 0 atom stereocenters. The molecule has 0 fully saturated rings. The van der Waals surface area contributed by atoms with Crippen molar-refractivity contribution in [2.45, 2.75) is 38.5 Å². The van der Waals surface area contributed by atoms with Gasteiger partial charge in [0.25, 0.3) is 0 Å².